The van der Waals surface area contributed by atoms with Crippen LogP contribution in [0, 0.1) is 5.92 Å². The van der Waals surface area contributed by atoms with Crippen molar-refractivity contribution in [2.24, 2.45) is 5.92 Å². The van der Waals surface area contributed by atoms with E-state index >= 15 is 0 Å². The first-order chi connectivity index (χ1) is 5.13. The minimum atomic E-state index is -0.0371. The molecule has 1 unspecified atom stereocenters. The van der Waals surface area contributed by atoms with Crippen LogP contribution in [-0.2, 0) is 9.63 Å². The summed E-state index contributed by atoms with van der Waals surface area (Å²) in [5.41, 5.74) is 0. The minimum absolute atomic E-state index is 0.0122. The smallest absolute Gasteiger partial charge is 0.249 e. The third-order valence-electron chi connectivity index (χ3n) is 1.52. The third kappa shape index (κ3) is 3.34. The largest absolute Gasteiger partial charge is 0.319 e. The number of rotatable bonds is 4. The molecule has 1 atom stereocenters. The normalized spacial score (nSPS) is 12.7. The zero-order valence-corrected chi connectivity index (χ0v) is 7.55. The predicted molar refractivity (Wildman–Crippen MR) is 42.9 cm³/mol. The molecule has 0 fully saturated rings. The van der Waals surface area contributed by atoms with Gasteiger partial charge in [-0.05, 0) is 7.05 Å². The molecule has 4 heteroatoms. The molecule has 0 aromatic carbocycles. The van der Waals surface area contributed by atoms with E-state index in [1.165, 1.54) is 12.2 Å². The standard InChI is InChI=1S/C7H16N2O2/c1-6(5-8-2)7(10)9(3)11-4/h6,8H,5H2,1-4H3. The number of nitrogens with zero attached hydrogens (tertiary/aromatic N) is 1. The minimum Gasteiger partial charge on any atom is -0.319 e. The van der Waals surface area contributed by atoms with Crippen LogP contribution >= 0.6 is 0 Å². The van der Waals surface area contributed by atoms with E-state index < -0.39 is 0 Å². The maximum absolute atomic E-state index is 11.2. The average molecular weight is 160 g/mol. The molecule has 0 saturated carbocycles. The molecule has 11 heavy (non-hydrogen) atoms. The Hall–Kier alpha value is -0.610. The molecular weight excluding hydrogens is 144 g/mol. The van der Waals surface area contributed by atoms with Crippen molar-refractivity contribution in [3.05, 3.63) is 0 Å². The Morgan fingerprint density at radius 3 is 2.64 bits per heavy atom. The summed E-state index contributed by atoms with van der Waals surface area (Å²) in [6.07, 6.45) is 0. The van der Waals surface area contributed by atoms with E-state index in [0.29, 0.717) is 6.54 Å². The van der Waals surface area contributed by atoms with Gasteiger partial charge in [0.25, 0.3) is 0 Å². The molecule has 0 saturated heterocycles. The van der Waals surface area contributed by atoms with E-state index in [1.54, 1.807) is 7.05 Å². The first-order valence-electron chi connectivity index (χ1n) is 3.59. The summed E-state index contributed by atoms with van der Waals surface area (Å²) in [7, 11) is 4.90. The molecule has 0 radical (unpaired) electrons. The summed E-state index contributed by atoms with van der Waals surface area (Å²) in [4.78, 5) is 16.0. The SMILES string of the molecule is CNCC(C)C(=O)N(C)OC. The third-order valence-corrected chi connectivity index (χ3v) is 1.52. The van der Waals surface area contributed by atoms with E-state index in [0.717, 1.165) is 0 Å². The fraction of sp³-hybridized carbons (Fsp3) is 0.857. The van der Waals surface area contributed by atoms with Crippen molar-refractivity contribution < 1.29 is 9.63 Å². The van der Waals surface area contributed by atoms with Crippen molar-refractivity contribution in [3.8, 4) is 0 Å². The number of carbonyl (C=O) groups is 1. The Kier molecular flexibility index (Phi) is 4.81. The first kappa shape index (κ1) is 10.4. The van der Waals surface area contributed by atoms with Crippen LogP contribution in [0.4, 0.5) is 0 Å². The number of nitrogens with one attached hydrogen (secondary N) is 1. The highest BCUT2D eigenvalue weighted by Gasteiger charge is 2.15. The summed E-state index contributed by atoms with van der Waals surface area (Å²) < 4.78 is 0. The fourth-order valence-corrected chi connectivity index (χ4v) is 0.794. The van der Waals surface area contributed by atoms with E-state index in [2.05, 4.69) is 5.32 Å². The van der Waals surface area contributed by atoms with Gasteiger partial charge < -0.3 is 5.32 Å². The highest BCUT2D eigenvalue weighted by molar-refractivity contribution is 5.77. The zero-order chi connectivity index (χ0) is 8.85. The van der Waals surface area contributed by atoms with Crippen LogP contribution in [0.15, 0.2) is 0 Å². The average Bonchev–Trinajstić information content (AvgIpc) is 2.02. The van der Waals surface area contributed by atoms with Crippen molar-refractivity contribution in [1.82, 2.24) is 10.4 Å². The molecule has 0 aliphatic rings. The van der Waals surface area contributed by atoms with Gasteiger partial charge in [-0.25, -0.2) is 5.06 Å². The van der Waals surface area contributed by atoms with E-state index in [-0.39, 0.29) is 11.8 Å². The molecule has 0 aromatic heterocycles. The van der Waals surface area contributed by atoms with Gasteiger partial charge in [-0.1, -0.05) is 6.92 Å². The topological polar surface area (TPSA) is 41.6 Å². The van der Waals surface area contributed by atoms with E-state index in [1.807, 2.05) is 14.0 Å². The lowest BCUT2D eigenvalue weighted by molar-refractivity contribution is -0.172. The van der Waals surface area contributed by atoms with Crippen molar-refractivity contribution in [3.63, 3.8) is 0 Å². The lowest BCUT2D eigenvalue weighted by Gasteiger charge is -2.17. The number of hydrogen-bond acceptors (Lipinski definition) is 3. The van der Waals surface area contributed by atoms with Gasteiger partial charge in [-0.2, -0.15) is 0 Å². The molecule has 0 bridgehead atoms. The molecule has 0 aromatic rings. The summed E-state index contributed by atoms with van der Waals surface area (Å²) in [5, 5.41) is 4.16. The van der Waals surface area contributed by atoms with Gasteiger partial charge in [0.05, 0.1) is 7.11 Å². The summed E-state index contributed by atoms with van der Waals surface area (Å²) in [6, 6.07) is 0. The Bertz CT molecular complexity index is 128. The second-order valence-electron chi connectivity index (χ2n) is 2.48. The molecule has 0 heterocycles. The first-order valence-corrected chi connectivity index (χ1v) is 3.59. The van der Waals surface area contributed by atoms with Crippen LogP contribution in [0.5, 0.6) is 0 Å². The van der Waals surface area contributed by atoms with E-state index in [4.69, 9.17) is 4.84 Å². The monoisotopic (exact) mass is 160 g/mol. The lowest BCUT2D eigenvalue weighted by Crippen LogP contribution is -2.35. The molecule has 0 spiro atoms. The Balaban J connectivity index is 3.81. The van der Waals surface area contributed by atoms with Crippen molar-refractivity contribution in [2.45, 2.75) is 6.92 Å². The number of hydrogen-bond donors (Lipinski definition) is 1. The van der Waals surface area contributed by atoms with Gasteiger partial charge in [-0.3, -0.25) is 9.63 Å². The molecule has 66 valence electrons. The van der Waals surface area contributed by atoms with Gasteiger partial charge in [0.2, 0.25) is 5.91 Å². The highest BCUT2D eigenvalue weighted by Crippen LogP contribution is 1.98. The maximum Gasteiger partial charge on any atom is 0.249 e. The summed E-state index contributed by atoms with van der Waals surface area (Å²) >= 11 is 0. The number of carbonyl (C=O) groups excluding carboxylic acids is 1. The molecule has 0 aliphatic carbocycles. The molecule has 4 nitrogen and oxygen atoms in total. The summed E-state index contributed by atoms with van der Waals surface area (Å²) in [5.74, 6) is -0.0493. The quantitative estimate of drug-likeness (QED) is 0.582. The molecular formula is C7H16N2O2. The second-order valence-corrected chi connectivity index (χ2v) is 2.48. The van der Waals surface area contributed by atoms with Crippen molar-refractivity contribution in [2.75, 3.05) is 27.7 Å². The van der Waals surface area contributed by atoms with Gasteiger partial charge >= 0.3 is 0 Å². The van der Waals surface area contributed by atoms with Crippen molar-refractivity contribution >= 4 is 5.91 Å². The van der Waals surface area contributed by atoms with Crippen LogP contribution < -0.4 is 5.32 Å². The molecule has 0 rings (SSSR count). The fourth-order valence-electron chi connectivity index (χ4n) is 0.794. The predicted octanol–water partition coefficient (Wildman–Crippen LogP) is -0.138. The van der Waals surface area contributed by atoms with Crippen LogP contribution in [0.25, 0.3) is 0 Å². The van der Waals surface area contributed by atoms with Crippen LogP contribution in [-0.4, -0.2) is 38.7 Å². The van der Waals surface area contributed by atoms with Crippen LogP contribution in [0.2, 0.25) is 0 Å². The Morgan fingerprint density at radius 1 is 1.73 bits per heavy atom. The molecule has 1 N–H and O–H groups in total. The molecule has 1 amide bonds. The zero-order valence-electron chi connectivity index (χ0n) is 7.55. The second kappa shape index (κ2) is 5.09. The van der Waals surface area contributed by atoms with Crippen LogP contribution in [0.3, 0.4) is 0 Å². The van der Waals surface area contributed by atoms with Crippen LogP contribution in [0.1, 0.15) is 6.92 Å². The molecule has 0 aliphatic heterocycles. The maximum atomic E-state index is 11.2. The Morgan fingerprint density at radius 2 is 2.27 bits per heavy atom. The Labute approximate surface area is 67.5 Å². The van der Waals surface area contributed by atoms with Gasteiger partial charge in [-0.15, -0.1) is 0 Å². The highest BCUT2D eigenvalue weighted by atomic mass is 16.7. The number of amides is 1. The van der Waals surface area contributed by atoms with Crippen molar-refractivity contribution in [1.29, 1.82) is 0 Å². The van der Waals surface area contributed by atoms with Gasteiger partial charge in [0.15, 0.2) is 0 Å². The van der Waals surface area contributed by atoms with E-state index in [9.17, 15) is 4.79 Å². The van der Waals surface area contributed by atoms with Gasteiger partial charge in [0.1, 0.15) is 0 Å². The lowest BCUT2D eigenvalue weighted by atomic mass is 10.1. The number of hydroxylamine groups is 2. The summed E-state index contributed by atoms with van der Waals surface area (Å²) in [6.45, 7) is 2.53. The van der Waals surface area contributed by atoms with Gasteiger partial charge in [0, 0.05) is 19.5 Å².